The number of hydrogen-bond donors (Lipinski definition) is 1. The molecule has 25 heavy (non-hydrogen) atoms. The Labute approximate surface area is 142 Å². The lowest BCUT2D eigenvalue weighted by Gasteiger charge is -2.32. The molecule has 1 fully saturated rings. The van der Waals surface area contributed by atoms with Crippen molar-refractivity contribution >= 4 is 17.6 Å². The molecule has 1 aromatic rings. The van der Waals surface area contributed by atoms with Crippen LogP contribution in [0.25, 0.3) is 0 Å². The molecule has 2 aliphatic rings. The Bertz CT molecular complexity index is 720. The zero-order chi connectivity index (χ0) is 18.0. The van der Waals surface area contributed by atoms with E-state index in [1.807, 2.05) is 0 Å². The van der Waals surface area contributed by atoms with Crippen molar-refractivity contribution < 1.29 is 33.8 Å². The molecule has 1 saturated heterocycles. The first-order valence-corrected chi connectivity index (χ1v) is 7.66. The number of fused-ring (bicyclic) bond motifs is 1. The van der Waals surface area contributed by atoms with Crippen LogP contribution >= 0.6 is 0 Å². The summed E-state index contributed by atoms with van der Waals surface area (Å²) >= 11 is 0. The predicted molar refractivity (Wildman–Crippen MR) is 82.0 cm³/mol. The number of nitrogens with zero attached hydrogens (tertiary/aromatic N) is 2. The number of carboxylic acids is 1. The first-order valence-electron chi connectivity index (χ1n) is 7.66. The Morgan fingerprint density at radius 1 is 1.24 bits per heavy atom. The average molecular weight is 352 g/mol. The maximum absolute atomic E-state index is 12.8. The average Bonchev–Trinajstić information content (AvgIpc) is 2.59. The zero-order valence-electron chi connectivity index (χ0n) is 13.2. The number of nitro benzene ring substituents is 1. The maximum Gasteiger partial charge on any atom is 0.306 e. The summed E-state index contributed by atoms with van der Waals surface area (Å²) in [7, 11) is 0. The van der Waals surface area contributed by atoms with Crippen molar-refractivity contribution in [3.63, 3.8) is 0 Å². The number of ether oxygens (including phenoxy) is 3. The number of carbonyl (C=O) groups excluding carboxylic acids is 1. The van der Waals surface area contributed by atoms with E-state index >= 15 is 0 Å². The molecule has 1 atom stereocenters. The van der Waals surface area contributed by atoms with Gasteiger partial charge in [-0.1, -0.05) is 0 Å². The first-order chi connectivity index (χ1) is 12.0. The number of rotatable bonds is 4. The third kappa shape index (κ3) is 3.63. The minimum absolute atomic E-state index is 0.0523. The van der Waals surface area contributed by atoms with Gasteiger partial charge < -0.3 is 24.2 Å². The molecule has 0 bridgehead atoms. The molecule has 1 unspecified atom stereocenters. The Morgan fingerprint density at radius 3 is 2.56 bits per heavy atom. The van der Waals surface area contributed by atoms with Crippen molar-refractivity contribution in [3.8, 4) is 11.5 Å². The molecule has 3 rings (SSSR count). The van der Waals surface area contributed by atoms with E-state index in [0.29, 0.717) is 0 Å². The number of aliphatic carboxylic acids is 1. The monoisotopic (exact) mass is 352 g/mol. The highest BCUT2D eigenvalue weighted by Gasteiger charge is 2.32. The third-order valence-electron chi connectivity index (χ3n) is 3.92. The second-order valence-corrected chi connectivity index (χ2v) is 5.61. The van der Waals surface area contributed by atoms with Gasteiger partial charge in [0, 0.05) is 19.2 Å². The molecule has 1 aromatic carbocycles. The predicted octanol–water partition coefficient (Wildman–Crippen LogP) is 0.682. The fraction of sp³-hybridized carbons (Fsp3) is 0.467. The summed E-state index contributed by atoms with van der Waals surface area (Å²) in [5.74, 6) is -1.11. The molecule has 10 nitrogen and oxygen atoms in total. The number of nitro groups is 1. The van der Waals surface area contributed by atoms with Crippen LogP contribution in [0.2, 0.25) is 0 Å². The zero-order valence-corrected chi connectivity index (χ0v) is 13.2. The molecule has 1 N–H and O–H groups in total. The number of carbonyl (C=O) groups is 2. The van der Waals surface area contributed by atoms with Crippen LogP contribution in [0.4, 0.5) is 5.69 Å². The standard InChI is InChI=1S/C15H16N2O8/c18-14(19)5-9-8-16(1-2-23-9)15(20)10-6-12-13(25-4-3-24-12)7-11(10)17(21)22/h6-7,9H,1-5,8H2,(H,18,19). The summed E-state index contributed by atoms with van der Waals surface area (Å²) < 4.78 is 16.0. The normalized spacial score (nSPS) is 19.4. The van der Waals surface area contributed by atoms with Crippen molar-refractivity contribution in [3.05, 3.63) is 27.8 Å². The van der Waals surface area contributed by atoms with E-state index in [9.17, 15) is 19.7 Å². The highest BCUT2D eigenvalue weighted by Crippen LogP contribution is 2.37. The summed E-state index contributed by atoms with van der Waals surface area (Å²) in [4.78, 5) is 35.6. The van der Waals surface area contributed by atoms with E-state index in [1.165, 1.54) is 17.0 Å². The van der Waals surface area contributed by atoms with Gasteiger partial charge in [0.25, 0.3) is 11.6 Å². The molecule has 2 aliphatic heterocycles. The van der Waals surface area contributed by atoms with Crippen LogP contribution < -0.4 is 9.47 Å². The Kier molecular flexibility index (Phi) is 4.70. The molecule has 0 aromatic heterocycles. The molecular formula is C15H16N2O8. The largest absolute Gasteiger partial charge is 0.486 e. The maximum atomic E-state index is 12.8. The SMILES string of the molecule is O=C(O)CC1CN(C(=O)c2cc3c(cc2[N+](=O)[O-])OCCO3)CCO1. The molecule has 0 aliphatic carbocycles. The van der Waals surface area contributed by atoms with Crippen molar-refractivity contribution in [2.75, 3.05) is 32.9 Å². The molecule has 0 saturated carbocycles. The summed E-state index contributed by atoms with van der Waals surface area (Å²) in [6, 6.07) is 2.48. The Hall–Kier alpha value is -2.88. The van der Waals surface area contributed by atoms with Gasteiger partial charge in [0.1, 0.15) is 18.8 Å². The number of morpholine rings is 1. The fourth-order valence-electron chi connectivity index (χ4n) is 2.79. The van der Waals surface area contributed by atoms with Crippen LogP contribution in [-0.2, 0) is 9.53 Å². The van der Waals surface area contributed by atoms with Gasteiger partial charge >= 0.3 is 5.97 Å². The van der Waals surface area contributed by atoms with Gasteiger partial charge in [0.2, 0.25) is 0 Å². The molecule has 2 heterocycles. The fourth-order valence-corrected chi connectivity index (χ4v) is 2.79. The quantitative estimate of drug-likeness (QED) is 0.619. The second-order valence-electron chi connectivity index (χ2n) is 5.61. The van der Waals surface area contributed by atoms with E-state index in [1.54, 1.807) is 0 Å². The highest BCUT2D eigenvalue weighted by atomic mass is 16.6. The molecule has 134 valence electrons. The van der Waals surface area contributed by atoms with Gasteiger partial charge in [0.05, 0.1) is 30.1 Å². The molecule has 1 amide bonds. The van der Waals surface area contributed by atoms with Gasteiger partial charge in [-0.2, -0.15) is 0 Å². The lowest BCUT2D eigenvalue weighted by molar-refractivity contribution is -0.385. The molecule has 0 spiro atoms. The van der Waals surface area contributed by atoms with E-state index < -0.39 is 22.9 Å². The number of benzene rings is 1. The number of amides is 1. The minimum atomic E-state index is -1.04. The van der Waals surface area contributed by atoms with E-state index in [2.05, 4.69) is 0 Å². The highest BCUT2D eigenvalue weighted by molar-refractivity contribution is 5.99. The van der Waals surface area contributed by atoms with E-state index in [4.69, 9.17) is 19.3 Å². The van der Waals surface area contributed by atoms with Crippen LogP contribution in [0.15, 0.2) is 12.1 Å². The smallest absolute Gasteiger partial charge is 0.306 e. The lowest BCUT2D eigenvalue weighted by atomic mass is 10.1. The van der Waals surface area contributed by atoms with Gasteiger partial charge in [-0.25, -0.2) is 0 Å². The summed E-state index contributed by atoms with van der Waals surface area (Å²) in [6.45, 7) is 1.01. The summed E-state index contributed by atoms with van der Waals surface area (Å²) in [5.41, 5.74) is -0.499. The summed E-state index contributed by atoms with van der Waals surface area (Å²) in [6.07, 6.45) is -0.890. The number of carboxylic acid groups (broad SMARTS) is 1. The number of hydrogen-bond acceptors (Lipinski definition) is 7. The van der Waals surface area contributed by atoms with Crippen LogP contribution in [-0.4, -0.2) is 65.8 Å². The topological polar surface area (TPSA) is 128 Å². The lowest BCUT2D eigenvalue weighted by Crippen LogP contribution is -2.46. The van der Waals surface area contributed by atoms with Crippen LogP contribution in [0, 0.1) is 10.1 Å². The third-order valence-corrected chi connectivity index (χ3v) is 3.92. The molecule has 0 radical (unpaired) electrons. The Balaban J connectivity index is 1.88. The van der Waals surface area contributed by atoms with E-state index in [-0.39, 0.29) is 62.1 Å². The van der Waals surface area contributed by atoms with Crippen LogP contribution in [0.1, 0.15) is 16.8 Å². The van der Waals surface area contributed by atoms with Gasteiger partial charge in [-0.05, 0) is 0 Å². The second kappa shape index (κ2) is 6.93. The Morgan fingerprint density at radius 2 is 1.92 bits per heavy atom. The van der Waals surface area contributed by atoms with Crippen molar-refractivity contribution in [2.24, 2.45) is 0 Å². The van der Waals surface area contributed by atoms with Gasteiger partial charge in [-0.3, -0.25) is 19.7 Å². The van der Waals surface area contributed by atoms with Gasteiger partial charge in [-0.15, -0.1) is 0 Å². The van der Waals surface area contributed by atoms with Gasteiger partial charge in [0.15, 0.2) is 11.5 Å². The van der Waals surface area contributed by atoms with Crippen molar-refractivity contribution in [1.29, 1.82) is 0 Å². The van der Waals surface area contributed by atoms with Crippen LogP contribution in [0.5, 0.6) is 11.5 Å². The first kappa shape index (κ1) is 17.0. The molecule has 10 heteroatoms. The van der Waals surface area contributed by atoms with E-state index in [0.717, 1.165) is 0 Å². The van der Waals surface area contributed by atoms with Crippen molar-refractivity contribution in [1.82, 2.24) is 4.90 Å². The molecular weight excluding hydrogens is 336 g/mol. The van der Waals surface area contributed by atoms with Crippen LogP contribution in [0.3, 0.4) is 0 Å². The summed E-state index contributed by atoms with van der Waals surface area (Å²) in [5, 5.41) is 20.2. The van der Waals surface area contributed by atoms with Crippen molar-refractivity contribution in [2.45, 2.75) is 12.5 Å². The minimum Gasteiger partial charge on any atom is -0.486 e.